The van der Waals surface area contributed by atoms with Crippen LogP contribution in [0.2, 0.25) is 0 Å². The van der Waals surface area contributed by atoms with Crippen LogP contribution in [0.5, 0.6) is 17.2 Å². The quantitative estimate of drug-likeness (QED) is 0.127. The second kappa shape index (κ2) is 9.41. The van der Waals surface area contributed by atoms with Crippen molar-refractivity contribution in [2.24, 2.45) is 0 Å². The molecule has 0 aliphatic carbocycles. The molecule has 1 aromatic heterocycles. The van der Waals surface area contributed by atoms with E-state index in [1.807, 2.05) is 0 Å². The molecule has 0 amide bonds. The highest BCUT2D eigenvalue weighted by molar-refractivity contribution is 5.92. The molecule has 0 unspecified atom stereocenters. The van der Waals surface area contributed by atoms with Gasteiger partial charge in [0.15, 0.2) is 0 Å². The molecule has 11 heteroatoms. The summed E-state index contributed by atoms with van der Waals surface area (Å²) in [7, 11) is 0. The van der Waals surface area contributed by atoms with E-state index in [2.05, 4.69) is 0 Å². The maximum atomic E-state index is 13.9. The fourth-order valence-electron chi connectivity index (χ4n) is 3.58. The number of ether oxygens (including phenoxy) is 2. The Labute approximate surface area is 207 Å². The molecule has 0 bridgehead atoms. The predicted octanol–water partition coefficient (Wildman–Crippen LogP) is 6.66. The van der Waals surface area contributed by atoms with Crippen LogP contribution in [0.1, 0.15) is 32.8 Å². The SMILES string of the molecule is Cc1ccc(C)c(Oc2c(C(F)(F)F)oc3cc(OC(=O)c4ccc([N+](=O)[O-])c(C)c4)ccc3c2=O)c1. The Balaban J connectivity index is 1.74. The maximum Gasteiger partial charge on any atom is 0.453 e. The molecule has 0 N–H and O–H groups in total. The number of aryl methyl sites for hydroxylation is 3. The Hall–Kier alpha value is -4.67. The number of hydrogen-bond acceptors (Lipinski definition) is 7. The zero-order chi connectivity index (χ0) is 27.1. The third kappa shape index (κ3) is 5.15. The van der Waals surface area contributed by atoms with Gasteiger partial charge in [0, 0.05) is 17.7 Å². The summed E-state index contributed by atoms with van der Waals surface area (Å²) in [6.45, 7) is 4.79. The Morgan fingerprint density at radius 3 is 2.35 bits per heavy atom. The number of hydrogen-bond donors (Lipinski definition) is 0. The second-order valence-electron chi connectivity index (χ2n) is 8.26. The topological polar surface area (TPSA) is 109 Å². The van der Waals surface area contributed by atoms with E-state index in [9.17, 15) is 32.9 Å². The van der Waals surface area contributed by atoms with Gasteiger partial charge in [-0.2, -0.15) is 13.2 Å². The van der Waals surface area contributed by atoms with Crippen molar-refractivity contribution >= 4 is 22.6 Å². The van der Waals surface area contributed by atoms with Gasteiger partial charge in [0.25, 0.3) is 11.4 Å². The summed E-state index contributed by atoms with van der Waals surface area (Å²) in [6.07, 6.45) is -5.07. The molecule has 0 saturated carbocycles. The van der Waals surface area contributed by atoms with Crippen molar-refractivity contribution in [2.75, 3.05) is 0 Å². The van der Waals surface area contributed by atoms with Gasteiger partial charge >= 0.3 is 12.1 Å². The van der Waals surface area contributed by atoms with E-state index >= 15 is 0 Å². The summed E-state index contributed by atoms with van der Waals surface area (Å²) < 4.78 is 57.2. The third-order valence-corrected chi connectivity index (χ3v) is 5.48. The number of halogens is 3. The average molecular weight is 513 g/mol. The van der Waals surface area contributed by atoms with E-state index in [0.29, 0.717) is 11.1 Å². The molecule has 0 fully saturated rings. The van der Waals surface area contributed by atoms with Crippen LogP contribution in [-0.2, 0) is 6.18 Å². The Morgan fingerprint density at radius 2 is 1.70 bits per heavy atom. The molecule has 0 spiro atoms. The van der Waals surface area contributed by atoms with Gasteiger partial charge < -0.3 is 13.9 Å². The molecule has 0 aliphatic rings. The van der Waals surface area contributed by atoms with Crippen LogP contribution in [0.25, 0.3) is 11.0 Å². The van der Waals surface area contributed by atoms with E-state index in [1.165, 1.54) is 31.2 Å². The minimum absolute atomic E-state index is 0.0158. The number of alkyl halides is 3. The lowest BCUT2D eigenvalue weighted by Crippen LogP contribution is -2.16. The number of nitro groups is 1. The van der Waals surface area contributed by atoms with Gasteiger partial charge in [0.2, 0.25) is 11.2 Å². The smallest absolute Gasteiger partial charge is 0.449 e. The van der Waals surface area contributed by atoms with E-state index in [1.54, 1.807) is 26.0 Å². The van der Waals surface area contributed by atoms with Gasteiger partial charge in [0.05, 0.1) is 15.9 Å². The zero-order valence-corrected chi connectivity index (χ0v) is 19.6. The summed E-state index contributed by atoms with van der Waals surface area (Å²) in [4.78, 5) is 35.9. The second-order valence-corrected chi connectivity index (χ2v) is 8.26. The lowest BCUT2D eigenvalue weighted by Gasteiger charge is -2.15. The van der Waals surface area contributed by atoms with Crippen LogP contribution < -0.4 is 14.9 Å². The van der Waals surface area contributed by atoms with Crippen LogP contribution in [0.15, 0.2) is 63.8 Å². The monoisotopic (exact) mass is 513 g/mol. The molecular formula is C26H18F3NO7. The van der Waals surface area contributed by atoms with Gasteiger partial charge in [0.1, 0.15) is 17.1 Å². The van der Waals surface area contributed by atoms with Crippen LogP contribution in [-0.4, -0.2) is 10.9 Å². The van der Waals surface area contributed by atoms with Gasteiger partial charge in [-0.3, -0.25) is 14.9 Å². The molecule has 37 heavy (non-hydrogen) atoms. The molecule has 8 nitrogen and oxygen atoms in total. The van der Waals surface area contributed by atoms with E-state index in [-0.39, 0.29) is 33.7 Å². The predicted molar refractivity (Wildman–Crippen MR) is 126 cm³/mol. The molecule has 0 aliphatic heterocycles. The van der Waals surface area contributed by atoms with E-state index < -0.39 is 39.6 Å². The molecule has 190 valence electrons. The highest BCUT2D eigenvalue weighted by Gasteiger charge is 2.40. The number of fused-ring (bicyclic) bond motifs is 1. The molecule has 4 aromatic rings. The average Bonchev–Trinajstić information content (AvgIpc) is 2.81. The molecule has 4 rings (SSSR count). The van der Waals surface area contributed by atoms with Crippen LogP contribution >= 0.6 is 0 Å². The number of nitrogens with zero attached hydrogens (tertiary/aromatic N) is 1. The lowest BCUT2D eigenvalue weighted by atomic mass is 10.1. The normalized spacial score (nSPS) is 11.4. The summed E-state index contributed by atoms with van der Waals surface area (Å²) >= 11 is 0. The molecule has 1 heterocycles. The van der Waals surface area contributed by atoms with Crippen molar-refractivity contribution in [3.05, 3.63) is 103 Å². The number of esters is 1. The fraction of sp³-hybridized carbons (Fsp3) is 0.154. The maximum absolute atomic E-state index is 13.9. The molecular weight excluding hydrogens is 495 g/mol. The molecule has 0 atom stereocenters. The summed E-state index contributed by atoms with van der Waals surface area (Å²) in [5.74, 6) is -3.69. The lowest BCUT2D eigenvalue weighted by molar-refractivity contribution is -0.385. The summed E-state index contributed by atoms with van der Waals surface area (Å²) in [6, 6.07) is 11.8. The van der Waals surface area contributed by atoms with Crippen molar-refractivity contribution in [3.63, 3.8) is 0 Å². The minimum atomic E-state index is -5.07. The third-order valence-electron chi connectivity index (χ3n) is 5.48. The fourth-order valence-corrected chi connectivity index (χ4v) is 3.58. The van der Waals surface area contributed by atoms with Gasteiger partial charge in [-0.25, -0.2) is 4.79 Å². The molecule has 3 aromatic carbocycles. The van der Waals surface area contributed by atoms with E-state index in [0.717, 1.165) is 18.2 Å². The van der Waals surface area contributed by atoms with Crippen molar-refractivity contribution < 1.29 is 36.8 Å². The number of rotatable bonds is 5. The standard InChI is InChI=1S/C26H18F3NO7/c1-13-4-5-14(2)20(10-13)36-23-22(31)18-8-7-17(12-21(18)37-24(23)26(27,28)29)35-25(32)16-6-9-19(30(33)34)15(3)11-16/h4-12H,1-3H3. The Morgan fingerprint density at radius 1 is 0.973 bits per heavy atom. The molecule has 0 saturated heterocycles. The Bertz CT molecular complexity index is 1620. The largest absolute Gasteiger partial charge is 0.453 e. The number of carbonyl (C=O) groups is 1. The first-order chi connectivity index (χ1) is 17.3. The minimum Gasteiger partial charge on any atom is -0.449 e. The van der Waals surface area contributed by atoms with Crippen molar-refractivity contribution in [2.45, 2.75) is 26.9 Å². The van der Waals surface area contributed by atoms with Crippen molar-refractivity contribution in [3.8, 4) is 17.2 Å². The van der Waals surface area contributed by atoms with Gasteiger partial charge in [-0.15, -0.1) is 0 Å². The summed E-state index contributed by atoms with van der Waals surface area (Å²) in [5, 5.41) is 10.7. The first-order valence-corrected chi connectivity index (χ1v) is 10.8. The number of benzene rings is 3. The molecule has 0 radical (unpaired) electrons. The van der Waals surface area contributed by atoms with Crippen LogP contribution in [0, 0.1) is 30.9 Å². The van der Waals surface area contributed by atoms with Crippen LogP contribution in [0.4, 0.5) is 18.9 Å². The van der Waals surface area contributed by atoms with E-state index in [4.69, 9.17) is 13.9 Å². The number of nitro benzene ring substituents is 1. The van der Waals surface area contributed by atoms with Crippen LogP contribution in [0.3, 0.4) is 0 Å². The van der Waals surface area contributed by atoms with Crippen molar-refractivity contribution in [1.29, 1.82) is 0 Å². The highest BCUT2D eigenvalue weighted by Crippen LogP contribution is 2.39. The number of carbonyl (C=O) groups excluding carboxylic acids is 1. The summed E-state index contributed by atoms with van der Waals surface area (Å²) in [5.41, 5.74) is -0.291. The first kappa shape index (κ1) is 25.4. The highest BCUT2D eigenvalue weighted by atomic mass is 19.4. The van der Waals surface area contributed by atoms with Gasteiger partial charge in [-0.05, 0) is 62.2 Å². The van der Waals surface area contributed by atoms with Crippen molar-refractivity contribution in [1.82, 2.24) is 0 Å². The Kier molecular flexibility index (Phi) is 6.47. The zero-order valence-electron chi connectivity index (χ0n) is 19.6. The van der Waals surface area contributed by atoms with Gasteiger partial charge in [-0.1, -0.05) is 12.1 Å². The first-order valence-electron chi connectivity index (χ1n) is 10.8.